The number of hydrogen-bond acceptors (Lipinski definition) is 4. The van der Waals surface area contributed by atoms with E-state index >= 15 is 0 Å². The van der Waals surface area contributed by atoms with Gasteiger partial charge in [-0.2, -0.15) is 0 Å². The van der Waals surface area contributed by atoms with E-state index in [9.17, 15) is 13.2 Å². The molecule has 0 atom stereocenters. The molecule has 1 aromatic heterocycles. The van der Waals surface area contributed by atoms with Crippen molar-refractivity contribution in [3.05, 3.63) is 83.7 Å². The molecule has 0 saturated heterocycles. The number of aromatic nitrogens is 2. The average Bonchev–Trinajstić information content (AvgIpc) is 3.15. The summed E-state index contributed by atoms with van der Waals surface area (Å²) in [7, 11) is -3.63. The van der Waals surface area contributed by atoms with Gasteiger partial charge in [0.2, 0.25) is 20.9 Å². The lowest BCUT2D eigenvalue weighted by Crippen LogP contribution is -2.32. The van der Waals surface area contributed by atoms with Gasteiger partial charge in [0, 0.05) is 13.1 Å². The highest BCUT2D eigenvalue weighted by Gasteiger charge is 2.25. The summed E-state index contributed by atoms with van der Waals surface area (Å²) in [5.41, 5.74) is 2.41. The minimum Gasteiger partial charge on any atom is -0.337 e. The first-order valence-corrected chi connectivity index (χ1v) is 12.6. The van der Waals surface area contributed by atoms with Crippen molar-refractivity contribution < 1.29 is 13.2 Å². The predicted octanol–water partition coefficient (Wildman–Crippen LogP) is 4.10. The van der Waals surface area contributed by atoms with Crippen LogP contribution in [-0.2, 0) is 39.9 Å². The van der Waals surface area contributed by atoms with E-state index in [1.165, 1.54) is 0 Å². The molecule has 0 fully saturated rings. The quantitative estimate of drug-likeness (QED) is 0.463. The minimum absolute atomic E-state index is 0.00434. The molecule has 0 spiro atoms. The van der Waals surface area contributed by atoms with E-state index in [0.717, 1.165) is 16.8 Å². The molecule has 0 bridgehead atoms. The summed E-state index contributed by atoms with van der Waals surface area (Å²) in [4.78, 5) is 19.0. The Hall–Kier alpha value is -2.93. The van der Waals surface area contributed by atoms with E-state index in [4.69, 9.17) is 0 Å². The maximum Gasteiger partial charge on any atom is 0.228 e. The van der Waals surface area contributed by atoms with E-state index in [2.05, 4.69) is 4.98 Å². The Kier molecular flexibility index (Phi) is 7.85. The second-order valence-electron chi connectivity index (χ2n) is 8.35. The lowest BCUT2D eigenvalue weighted by molar-refractivity contribution is -0.130. The van der Waals surface area contributed by atoms with Crippen molar-refractivity contribution in [2.45, 2.75) is 51.2 Å². The van der Waals surface area contributed by atoms with Gasteiger partial charge < -0.3 is 9.47 Å². The Balaban J connectivity index is 1.86. The number of rotatable bonds is 10. The summed E-state index contributed by atoms with van der Waals surface area (Å²) in [6.45, 7) is 7.38. The molecule has 2 aromatic carbocycles. The van der Waals surface area contributed by atoms with Crippen LogP contribution in [-0.4, -0.2) is 35.3 Å². The molecule has 0 aliphatic rings. The molecular weight excluding hydrogens is 422 g/mol. The zero-order chi connectivity index (χ0) is 23.1. The lowest BCUT2D eigenvalue weighted by Gasteiger charge is -2.23. The molecule has 7 heteroatoms. The molecule has 0 aliphatic carbocycles. The molecule has 0 saturated carbocycles. The highest BCUT2D eigenvalue weighted by atomic mass is 32.2. The number of imidazole rings is 1. The number of hydrogen-bond donors (Lipinski definition) is 0. The Labute approximate surface area is 190 Å². The molecule has 0 aliphatic heterocycles. The molecule has 32 heavy (non-hydrogen) atoms. The number of benzene rings is 2. The first-order chi connectivity index (χ1) is 15.3. The fourth-order valence-electron chi connectivity index (χ4n) is 3.64. The van der Waals surface area contributed by atoms with Gasteiger partial charge in [-0.15, -0.1) is 0 Å². The number of nitrogens with zero attached hydrogens (tertiary/aromatic N) is 3. The third kappa shape index (κ3) is 6.07. The van der Waals surface area contributed by atoms with E-state index in [0.29, 0.717) is 26.1 Å². The normalized spacial score (nSPS) is 11.6. The SMILES string of the molecule is CCN(Cc1cnc(S(=O)(=O)Cc2ccccc2)n1CC(C)C)C(=O)Cc1ccccc1. The highest BCUT2D eigenvalue weighted by Crippen LogP contribution is 2.20. The Morgan fingerprint density at radius 1 is 1.00 bits per heavy atom. The Morgan fingerprint density at radius 2 is 1.59 bits per heavy atom. The molecule has 3 aromatic rings. The standard InChI is InChI=1S/C25H31N3O3S/c1-4-27(24(29)15-21-11-7-5-8-12-21)18-23-16-26-25(28(23)17-20(2)3)32(30,31)19-22-13-9-6-10-14-22/h5-14,16,20H,4,15,17-19H2,1-3H3. The summed E-state index contributed by atoms with van der Waals surface area (Å²) in [5.74, 6) is 0.126. The summed E-state index contributed by atoms with van der Waals surface area (Å²) >= 11 is 0. The minimum atomic E-state index is -3.63. The van der Waals surface area contributed by atoms with Crippen LogP contribution in [0.5, 0.6) is 0 Å². The van der Waals surface area contributed by atoms with Crippen LogP contribution in [0.4, 0.5) is 0 Å². The predicted molar refractivity (Wildman–Crippen MR) is 126 cm³/mol. The third-order valence-corrected chi connectivity index (χ3v) is 6.81. The smallest absolute Gasteiger partial charge is 0.228 e. The second-order valence-corrected chi connectivity index (χ2v) is 10.2. The van der Waals surface area contributed by atoms with Gasteiger partial charge in [-0.1, -0.05) is 74.5 Å². The summed E-state index contributed by atoms with van der Waals surface area (Å²) in [5, 5.41) is 0.0663. The van der Waals surface area contributed by atoms with Crippen LogP contribution in [0.3, 0.4) is 0 Å². The Morgan fingerprint density at radius 3 is 2.16 bits per heavy atom. The van der Waals surface area contributed by atoms with Crippen LogP contribution in [0.2, 0.25) is 0 Å². The van der Waals surface area contributed by atoms with Crippen LogP contribution in [0.1, 0.15) is 37.6 Å². The van der Waals surface area contributed by atoms with Crippen LogP contribution in [0.25, 0.3) is 0 Å². The van der Waals surface area contributed by atoms with Crippen molar-refractivity contribution in [2.24, 2.45) is 5.92 Å². The largest absolute Gasteiger partial charge is 0.337 e. The molecule has 1 heterocycles. The zero-order valence-corrected chi connectivity index (χ0v) is 19.8. The highest BCUT2D eigenvalue weighted by molar-refractivity contribution is 7.90. The van der Waals surface area contributed by atoms with Crippen LogP contribution >= 0.6 is 0 Å². The molecule has 170 valence electrons. The average molecular weight is 454 g/mol. The number of carbonyl (C=O) groups excluding carboxylic acids is 1. The maximum atomic E-state index is 13.2. The fraction of sp³-hybridized carbons (Fsp3) is 0.360. The van der Waals surface area contributed by atoms with Crippen LogP contribution in [0, 0.1) is 5.92 Å². The van der Waals surface area contributed by atoms with Gasteiger partial charge >= 0.3 is 0 Å². The van der Waals surface area contributed by atoms with Crippen molar-refractivity contribution in [3.63, 3.8) is 0 Å². The van der Waals surface area contributed by atoms with Crippen molar-refractivity contribution in [1.82, 2.24) is 14.5 Å². The molecular formula is C25H31N3O3S. The topological polar surface area (TPSA) is 72.3 Å². The van der Waals surface area contributed by atoms with Crippen LogP contribution < -0.4 is 0 Å². The number of carbonyl (C=O) groups is 1. The number of amides is 1. The summed E-state index contributed by atoms with van der Waals surface area (Å²) in [6.07, 6.45) is 1.91. The van der Waals surface area contributed by atoms with Gasteiger partial charge in [0.15, 0.2) is 0 Å². The zero-order valence-electron chi connectivity index (χ0n) is 18.9. The van der Waals surface area contributed by atoms with Gasteiger partial charge in [-0.3, -0.25) is 4.79 Å². The fourth-order valence-corrected chi connectivity index (χ4v) is 5.14. The monoisotopic (exact) mass is 453 g/mol. The number of sulfone groups is 1. The van der Waals surface area contributed by atoms with Gasteiger partial charge in [-0.25, -0.2) is 13.4 Å². The first-order valence-electron chi connectivity index (χ1n) is 10.9. The van der Waals surface area contributed by atoms with Crippen molar-refractivity contribution in [1.29, 1.82) is 0 Å². The lowest BCUT2D eigenvalue weighted by atomic mass is 10.1. The Bertz CT molecular complexity index is 1120. The molecule has 0 unspecified atom stereocenters. The van der Waals surface area contributed by atoms with E-state index in [1.54, 1.807) is 27.8 Å². The summed E-state index contributed by atoms with van der Waals surface area (Å²) in [6, 6.07) is 18.7. The molecule has 0 radical (unpaired) electrons. The summed E-state index contributed by atoms with van der Waals surface area (Å²) < 4.78 is 28.1. The number of likely N-dealkylation sites (N-methyl/N-ethyl adjacent to an activating group) is 1. The van der Waals surface area contributed by atoms with E-state index < -0.39 is 9.84 Å². The van der Waals surface area contributed by atoms with Gasteiger partial charge in [0.25, 0.3) is 0 Å². The second kappa shape index (κ2) is 10.6. The van der Waals surface area contributed by atoms with Crippen molar-refractivity contribution >= 4 is 15.7 Å². The molecule has 0 N–H and O–H groups in total. The first kappa shape index (κ1) is 23.7. The maximum absolute atomic E-state index is 13.2. The van der Waals surface area contributed by atoms with Crippen molar-refractivity contribution in [3.8, 4) is 0 Å². The van der Waals surface area contributed by atoms with E-state index in [1.807, 2.05) is 69.3 Å². The molecule has 3 rings (SSSR count). The van der Waals surface area contributed by atoms with Crippen LogP contribution in [0.15, 0.2) is 72.0 Å². The van der Waals surface area contributed by atoms with Crippen molar-refractivity contribution in [2.75, 3.05) is 6.54 Å². The molecule has 6 nitrogen and oxygen atoms in total. The van der Waals surface area contributed by atoms with Gasteiger partial charge in [-0.05, 0) is 24.0 Å². The van der Waals surface area contributed by atoms with Gasteiger partial charge in [0.05, 0.1) is 30.6 Å². The van der Waals surface area contributed by atoms with Gasteiger partial charge in [0.1, 0.15) is 0 Å². The third-order valence-electron chi connectivity index (χ3n) is 5.21. The molecule has 1 amide bonds. The van der Waals surface area contributed by atoms with E-state index in [-0.39, 0.29) is 22.7 Å².